The topological polar surface area (TPSA) is 61.3 Å². The van der Waals surface area contributed by atoms with Crippen LogP contribution in [0.15, 0.2) is 29.0 Å². The van der Waals surface area contributed by atoms with E-state index < -0.39 is 0 Å². The van der Waals surface area contributed by atoms with Crippen molar-refractivity contribution in [2.45, 2.75) is 18.8 Å². The number of aromatic nitrogens is 1. The molecule has 0 radical (unpaired) electrons. The second-order valence-corrected chi connectivity index (χ2v) is 4.39. The van der Waals surface area contributed by atoms with Crippen LogP contribution >= 0.6 is 0 Å². The summed E-state index contributed by atoms with van der Waals surface area (Å²) in [6.07, 6.45) is 3.41. The van der Waals surface area contributed by atoms with Gasteiger partial charge in [0.2, 0.25) is 0 Å². The average Bonchev–Trinajstić information content (AvgIpc) is 2.93. The summed E-state index contributed by atoms with van der Waals surface area (Å²) < 4.78 is 10.1. The predicted molar refractivity (Wildman–Crippen MR) is 64.1 cm³/mol. The summed E-state index contributed by atoms with van der Waals surface area (Å²) in [5.41, 5.74) is 10.0. The molecule has 1 atom stereocenters. The minimum absolute atomic E-state index is 0.329. The normalized spacial score (nSPS) is 18.1. The van der Waals surface area contributed by atoms with Crippen LogP contribution in [0.2, 0.25) is 0 Å². The Balaban J connectivity index is 1.90. The molecule has 0 bridgehead atoms. The number of anilines is 1. The minimum atomic E-state index is 0.329. The van der Waals surface area contributed by atoms with Crippen LogP contribution in [-0.4, -0.2) is 12.3 Å². The van der Waals surface area contributed by atoms with E-state index in [1.54, 1.807) is 7.11 Å². The quantitative estimate of drug-likeness (QED) is 0.858. The predicted octanol–water partition coefficient (Wildman–Crippen LogP) is 2.15. The zero-order valence-electron chi connectivity index (χ0n) is 9.64. The number of methoxy groups -OCH3 is 1. The molecule has 88 valence electrons. The summed E-state index contributed by atoms with van der Waals surface area (Å²) in [4.78, 5) is 0. The van der Waals surface area contributed by atoms with Crippen LogP contribution in [0.5, 0.6) is 5.75 Å². The van der Waals surface area contributed by atoms with Gasteiger partial charge < -0.3 is 15.0 Å². The molecule has 1 aliphatic carbocycles. The molecule has 1 aromatic heterocycles. The summed E-state index contributed by atoms with van der Waals surface area (Å²) in [6.45, 7) is 0. The van der Waals surface area contributed by atoms with Crippen molar-refractivity contribution in [3.63, 3.8) is 0 Å². The molecule has 0 saturated heterocycles. The number of fused-ring (bicyclic) bond motifs is 1. The van der Waals surface area contributed by atoms with E-state index in [-0.39, 0.29) is 0 Å². The molecule has 0 saturated carbocycles. The highest BCUT2D eigenvalue weighted by Crippen LogP contribution is 2.36. The maximum Gasteiger partial charge on any atom is 0.147 e. The second-order valence-electron chi connectivity index (χ2n) is 4.39. The molecule has 1 aliphatic rings. The minimum Gasteiger partial charge on any atom is -0.497 e. The fourth-order valence-corrected chi connectivity index (χ4v) is 2.48. The maximum absolute atomic E-state index is 5.83. The van der Waals surface area contributed by atoms with Crippen LogP contribution in [0.3, 0.4) is 0 Å². The Morgan fingerprint density at radius 1 is 1.35 bits per heavy atom. The summed E-state index contributed by atoms with van der Waals surface area (Å²) in [6, 6.07) is 6.20. The van der Waals surface area contributed by atoms with Crippen molar-refractivity contribution in [3.8, 4) is 5.75 Å². The molecule has 1 aromatic carbocycles. The van der Waals surface area contributed by atoms with E-state index in [1.807, 2.05) is 6.07 Å². The highest BCUT2D eigenvalue weighted by molar-refractivity contribution is 5.47. The lowest BCUT2D eigenvalue weighted by Gasteiger charge is -2.04. The molecule has 4 heteroatoms. The van der Waals surface area contributed by atoms with Crippen molar-refractivity contribution in [2.24, 2.45) is 0 Å². The first-order valence-electron chi connectivity index (χ1n) is 5.63. The summed E-state index contributed by atoms with van der Waals surface area (Å²) >= 11 is 0. The zero-order valence-corrected chi connectivity index (χ0v) is 9.64. The van der Waals surface area contributed by atoms with Crippen LogP contribution in [0, 0.1) is 0 Å². The fourth-order valence-electron chi connectivity index (χ4n) is 2.48. The Morgan fingerprint density at radius 3 is 2.88 bits per heavy atom. The van der Waals surface area contributed by atoms with E-state index >= 15 is 0 Å². The van der Waals surface area contributed by atoms with Crippen molar-refractivity contribution in [1.82, 2.24) is 5.16 Å². The molecule has 2 aromatic rings. The number of ether oxygens (including phenoxy) is 1. The first-order chi connectivity index (χ1) is 8.28. The second kappa shape index (κ2) is 3.80. The molecule has 17 heavy (non-hydrogen) atoms. The van der Waals surface area contributed by atoms with Gasteiger partial charge in [-0.25, -0.2) is 0 Å². The summed E-state index contributed by atoms with van der Waals surface area (Å²) in [7, 11) is 1.68. The number of hydrogen-bond donors (Lipinski definition) is 1. The van der Waals surface area contributed by atoms with E-state index in [1.165, 1.54) is 17.4 Å². The summed E-state index contributed by atoms with van der Waals surface area (Å²) in [5, 5.41) is 3.99. The Kier molecular flexibility index (Phi) is 2.28. The van der Waals surface area contributed by atoms with Gasteiger partial charge in [0.1, 0.15) is 17.7 Å². The molecule has 3 rings (SSSR count). The van der Waals surface area contributed by atoms with E-state index in [0.29, 0.717) is 11.6 Å². The van der Waals surface area contributed by atoms with Gasteiger partial charge in [-0.15, -0.1) is 0 Å². The van der Waals surface area contributed by atoms with Gasteiger partial charge in [0.25, 0.3) is 0 Å². The molecule has 1 heterocycles. The van der Waals surface area contributed by atoms with E-state index in [4.69, 9.17) is 15.0 Å². The van der Waals surface area contributed by atoms with Gasteiger partial charge in [-0.1, -0.05) is 11.2 Å². The van der Waals surface area contributed by atoms with E-state index in [9.17, 15) is 0 Å². The first kappa shape index (κ1) is 10.2. The molecule has 0 spiro atoms. The Labute approximate surface area is 99.4 Å². The first-order valence-corrected chi connectivity index (χ1v) is 5.63. The van der Waals surface area contributed by atoms with Gasteiger partial charge >= 0.3 is 0 Å². The van der Waals surface area contributed by atoms with Gasteiger partial charge in [-0.3, -0.25) is 0 Å². The average molecular weight is 230 g/mol. The van der Waals surface area contributed by atoms with Crippen molar-refractivity contribution in [3.05, 3.63) is 41.3 Å². The largest absolute Gasteiger partial charge is 0.497 e. The van der Waals surface area contributed by atoms with Crippen molar-refractivity contribution < 1.29 is 9.26 Å². The van der Waals surface area contributed by atoms with E-state index in [2.05, 4.69) is 17.3 Å². The number of benzene rings is 1. The molecule has 0 amide bonds. The van der Waals surface area contributed by atoms with Crippen LogP contribution in [0.1, 0.15) is 22.7 Å². The number of rotatable bonds is 2. The molecule has 0 fully saturated rings. The lowest BCUT2D eigenvalue weighted by molar-refractivity contribution is 0.405. The number of nitrogens with zero attached hydrogens (tertiary/aromatic N) is 1. The van der Waals surface area contributed by atoms with Crippen LogP contribution in [0.25, 0.3) is 0 Å². The third kappa shape index (κ3) is 1.65. The van der Waals surface area contributed by atoms with E-state index in [0.717, 1.165) is 24.3 Å². The molecule has 4 nitrogen and oxygen atoms in total. The van der Waals surface area contributed by atoms with Gasteiger partial charge in [0, 0.05) is 5.92 Å². The van der Waals surface area contributed by atoms with Crippen LogP contribution in [-0.2, 0) is 12.8 Å². The van der Waals surface area contributed by atoms with Crippen molar-refractivity contribution in [1.29, 1.82) is 0 Å². The lowest BCUT2D eigenvalue weighted by Crippen LogP contribution is -2.01. The van der Waals surface area contributed by atoms with Crippen molar-refractivity contribution in [2.75, 3.05) is 12.8 Å². The van der Waals surface area contributed by atoms with Gasteiger partial charge in [-0.05, 0) is 36.1 Å². The third-order valence-corrected chi connectivity index (χ3v) is 3.36. The van der Waals surface area contributed by atoms with Gasteiger partial charge in [0.05, 0.1) is 12.8 Å². The zero-order chi connectivity index (χ0) is 11.8. The number of hydrogen-bond acceptors (Lipinski definition) is 4. The molecular formula is C13H14N2O2. The molecule has 0 aliphatic heterocycles. The molecular weight excluding hydrogens is 216 g/mol. The Bertz CT molecular complexity index is 548. The lowest BCUT2D eigenvalue weighted by atomic mass is 10.0. The number of nitrogens with two attached hydrogens (primary N) is 1. The third-order valence-electron chi connectivity index (χ3n) is 3.36. The standard InChI is InChI=1S/C13H14N2O2/c1-16-11-3-2-8-4-10(5-9(8)6-11)13-12(14)7-17-15-13/h2-3,6-7,10H,4-5,14H2,1H3. The van der Waals surface area contributed by atoms with Gasteiger partial charge in [-0.2, -0.15) is 0 Å². The molecule has 1 unspecified atom stereocenters. The fraction of sp³-hybridized carbons (Fsp3) is 0.308. The molecule has 2 N–H and O–H groups in total. The smallest absolute Gasteiger partial charge is 0.147 e. The SMILES string of the molecule is COc1ccc2c(c1)CC(c1nocc1N)C2. The van der Waals surface area contributed by atoms with Crippen molar-refractivity contribution >= 4 is 5.69 Å². The summed E-state index contributed by atoms with van der Waals surface area (Å²) in [5.74, 6) is 1.23. The number of nitrogen functional groups attached to an aromatic ring is 1. The maximum atomic E-state index is 5.83. The Hall–Kier alpha value is -1.97. The van der Waals surface area contributed by atoms with Crippen LogP contribution < -0.4 is 10.5 Å². The monoisotopic (exact) mass is 230 g/mol. The Morgan fingerprint density at radius 2 is 2.18 bits per heavy atom. The van der Waals surface area contributed by atoms with Gasteiger partial charge in [0.15, 0.2) is 0 Å². The van der Waals surface area contributed by atoms with Crippen LogP contribution in [0.4, 0.5) is 5.69 Å². The highest BCUT2D eigenvalue weighted by atomic mass is 16.5. The highest BCUT2D eigenvalue weighted by Gasteiger charge is 2.27.